The third-order valence-corrected chi connectivity index (χ3v) is 3.54. The summed E-state index contributed by atoms with van der Waals surface area (Å²) in [6.07, 6.45) is 1.63. The van der Waals surface area contributed by atoms with Crippen LogP contribution in [0.5, 0.6) is 0 Å². The van der Waals surface area contributed by atoms with Crippen molar-refractivity contribution in [3.8, 4) is 0 Å². The summed E-state index contributed by atoms with van der Waals surface area (Å²) in [6.45, 7) is 4.02. The largest absolute Gasteiger partial charge is 0.376 e. The first-order valence-corrected chi connectivity index (χ1v) is 7.46. The average Bonchev–Trinajstić information content (AvgIpc) is 2.52. The van der Waals surface area contributed by atoms with Crippen LogP contribution in [0.3, 0.4) is 0 Å². The van der Waals surface area contributed by atoms with Crippen LogP contribution in [0.4, 0.5) is 5.69 Å². The van der Waals surface area contributed by atoms with Gasteiger partial charge in [0, 0.05) is 11.9 Å². The van der Waals surface area contributed by atoms with Gasteiger partial charge in [-0.05, 0) is 37.6 Å². The zero-order valence-electron chi connectivity index (χ0n) is 12.9. The molecular formula is C16H18N4O2S. The summed E-state index contributed by atoms with van der Waals surface area (Å²) >= 11 is 5.01. The van der Waals surface area contributed by atoms with Crippen molar-refractivity contribution >= 4 is 29.7 Å². The Labute approximate surface area is 139 Å². The van der Waals surface area contributed by atoms with Crippen LogP contribution in [0.1, 0.15) is 21.5 Å². The Bertz CT molecular complexity index is 786. The van der Waals surface area contributed by atoms with Gasteiger partial charge in [0.1, 0.15) is 4.64 Å². The SMILES string of the molecule is Cc1ccc(NCC(=O)NNC(=O)c2ccc[nH]c2=S)c(C)c1. The van der Waals surface area contributed by atoms with Gasteiger partial charge in [-0.3, -0.25) is 20.4 Å². The summed E-state index contributed by atoms with van der Waals surface area (Å²) in [7, 11) is 0. The Morgan fingerprint density at radius 1 is 1.17 bits per heavy atom. The van der Waals surface area contributed by atoms with Crippen LogP contribution in [-0.2, 0) is 4.79 Å². The van der Waals surface area contributed by atoms with Crippen molar-refractivity contribution in [2.45, 2.75) is 13.8 Å². The van der Waals surface area contributed by atoms with Crippen molar-refractivity contribution in [3.05, 3.63) is 57.9 Å². The Hall–Kier alpha value is -2.67. The fraction of sp³-hybridized carbons (Fsp3) is 0.188. The molecule has 0 spiro atoms. The van der Waals surface area contributed by atoms with E-state index in [1.165, 1.54) is 0 Å². The summed E-state index contributed by atoms with van der Waals surface area (Å²) in [5, 5.41) is 3.02. The number of carbonyl (C=O) groups is 2. The number of anilines is 1. The van der Waals surface area contributed by atoms with E-state index in [-0.39, 0.29) is 12.5 Å². The second-order valence-corrected chi connectivity index (χ2v) is 5.50. The zero-order chi connectivity index (χ0) is 16.8. The normalized spacial score (nSPS) is 10.0. The molecule has 1 aromatic carbocycles. The highest BCUT2D eigenvalue weighted by Crippen LogP contribution is 2.15. The number of hydrogen-bond acceptors (Lipinski definition) is 4. The van der Waals surface area contributed by atoms with Gasteiger partial charge in [-0.15, -0.1) is 0 Å². The maximum atomic E-state index is 11.9. The van der Waals surface area contributed by atoms with E-state index in [1.54, 1.807) is 18.3 Å². The number of benzene rings is 1. The summed E-state index contributed by atoms with van der Waals surface area (Å²) in [5.74, 6) is -0.823. The van der Waals surface area contributed by atoms with E-state index >= 15 is 0 Å². The van der Waals surface area contributed by atoms with E-state index in [1.807, 2.05) is 32.0 Å². The fourth-order valence-electron chi connectivity index (χ4n) is 2.03. The van der Waals surface area contributed by atoms with Crippen LogP contribution in [-0.4, -0.2) is 23.3 Å². The summed E-state index contributed by atoms with van der Waals surface area (Å²) < 4.78 is 0.313. The first-order chi connectivity index (χ1) is 11.0. The molecule has 23 heavy (non-hydrogen) atoms. The average molecular weight is 330 g/mol. The van der Waals surface area contributed by atoms with Crippen molar-refractivity contribution < 1.29 is 9.59 Å². The lowest BCUT2D eigenvalue weighted by Gasteiger charge is -2.11. The van der Waals surface area contributed by atoms with E-state index < -0.39 is 5.91 Å². The van der Waals surface area contributed by atoms with Crippen LogP contribution in [0.15, 0.2) is 36.5 Å². The van der Waals surface area contributed by atoms with Gasteiger partial charge in [0.25, 0.3) is 11.8 Å². The number of pyridine rings is 1. The molecule has 0 bridgehead atoms. The summed E-state index contributed by atoms with van der Waals surface area (Å²) in [5.41, 5.74) is 8.07. The molecule has 6 nitrogen and oxygen atoms in total. The number of amides is 2. The standard InChI is InChI=1S/C16H18N4O2S/c1-10-5-6-13(11(2)8-10)18-9-14(21)19-20-15(22)12-4-3-7-17-16(12)23/h3-8,18H,9H2,1-2H3,(H,17,23)(H,19,21)(H,20,22). The predicted octanol–water partition coefficient (Wildman–Crippen LogP) is 2.23. The lowest BCUT2D eigenvalue weighted by Crippen LogP contribution is -2.44. The molecule has 0 atom stereocenters. The van der Waals surface area contributed by atoms with Crippen LogP contribution >= 0.6 is 12.2 Å². The van der Waals surface area contributed by atoms with Crippen molar-refractivity contribution in [3.63, 3.8) is 0 Å². The number of H-pyrrole nitrogens is 1. The van der Waals surface area contributed by atoms with Crippen LogP contribution in [0.25, 0.3) is 0 Å². The molecule has 1 aromatic heterocycles. The molecule has 0 unspecified atom stereocenters. The smallest absolute Gasteiger partial charge is 0.272 e. The van der Waals surface area contributed by atoms with E-state index in [2.05, 4.69) is 21.2 Å². The topological polar surface area (TPSA) is 86.0 Å². The van der Waals surface area contributed by atoms with Crippen molar-refractivity contribution in [2.75, 3.05) is 11.9 Å². The number of rotatable bonds is 4. The lowest BCUT2D eigenvalue weighted by molar-refractivity contribution is -0.120. The molecule has 2 aromatic rings. The molecule has 1 heterocycles. The maximum Gasteiger partial charge on any atom is 0.272 e. The molecule has 7 heteroatoms. The Balaban J connectivity index is 1.85. The second kappa shape index (κ2) is 7.55. The molecule has 0 aliphatic rings. The van der Waals surface area contributed by atoms with E-state index in [9.17, 15) is 9.59 Å². The van der Waals surface area contributed by atoms with Crippen molar-refractivity contribution in [1.29, 1.82) is 0 Å². The summed E-state index contributed by atoms with van der Waals surface area (Å²) in [6, 6.07) is 9.15. The molecule has 2 rings (SSSR count). The van der Waals surface area contributed by atoms with Crippen LogP contribution in [0.2, 0.25) is 0 Å². The molecule has 120 valence electrons. The lowest BCUT2D eigenvalue weighted by atomic mass is 10.1. The minimum absolute atomic E-state index is 0.0474. The highest BCUT2D eigenvalue weighted by molar-refractivity contribution is 7.71. The van der Waals surface area contributed by atoms with Crippen molar-refractivity contribution in [1.82, 2.24) is 15.8 Å². The van der Waals surface area contributed by atoms with Gasteiger partial charge < -0.3 is 10.3 Å². The highest BCUT2D eigenvalue weighted by atomic mass is 32.1. The molecule has 0 saturated carbocycles. The van der Waals surface area contributed by atoms with Gasteiger partial charge in [-0.1, -0.05) is 29.9 Å². The molecule has 4 N–H and O–H groups in total. The van der Waals surface area contributed by atoms with Crippen molar-refractivity contribution in [2.24, 2.45) is 0 Å². The predicted molar refractivity (Wildman–Crippen MR) is 91.6 cm³/mol. The quantitative estimate of drug-likeness (QED) is 0.511. The van der Waals surface area contributed by atoms with Crippen LogP contribution in [0, 0.1) is 18.5 Å². The first kappa shape index (κ1) is 16.7. The highest BCUT2D eigenvalue weighted by Gasteiger charge is 2.09. The third-order valence-electron chi connectivity index (χ3n) is 3.20. The number of aromatic nitrogens is 1. The van der Waals surface area contributed by atoms with Gasteiger partial charge in [0.2, 0.25) is 0 Å². The fourth-order valence-corrected chi connectivity index (χ4v) is 2.25. The molecule has 0 aliphatic heterocycles. The molecule has 0 fully saturated rings. The number of hydrazine groups is 1. The maximum absolute atomic E-state index is 11.9. The Kier molecular flexibility index (Phi) is 5.48. The number of nitrogens with one attached hydrogen (secondary N) is 4. The second-order valence-electron chi connectivity index (χ2n) is 5.09. The van der Waals surface area contributed by atoms with Gasteiger partial charge in [0.15, 0.2) is 0 Å². The molecule has 0 saturated heterocycles. The number of carbonyl (C=O) groups excluding carboxylic acids is 2. The van der Waals surface area contributed by atoms with Gasteiger partial charge in [-0.25, -0.2) is 0 Å². The van der Waals surface area contributed by atoms with E-state index in [0.29, 0.717) is 10.2 Å². The monoisotopic (exact) mass is 330 g/mol. The first-order valence-electron chi connectivity index (χ1n) is 7.05. The summed E-state index contributed by atoms with van der Waals surface area (Å²) in [4.78, 5) is 26.5. The number of aromatic amines is 1. The Morgan fingerprint density at radius 3 is 2.65 bits per heavy atom. The number of aryl methyl sites for hydroxylation is 2. The minimum Gasteiger partial charge on any atom is -0.376 e. The van der Waals surface area contributed by atoms with E-state index in [4.69, 9.17) is 12.2 Å². The molecule has 0 radical (unpaired) electrons. The zero-order valence-corrected chi connectivity index (χ0v) is 13.7. The van der Waals surface area contributed by atoms with Crippen LogP contribution < -0.4 is 16.2 Å². The third kappa shape index (κ3) is 4.65. The van der Waals surface area contributed by atoms with Gasteiger partial charge >= 0.3 is 0 Å². The minimum atomic E-state index is -0.466. The van der Waals surface area contributed by atoms with Gasteiger partial charge in [0.05, 0.1) is 12.1 Å². The van der Waals surface area contributed by atoms with E-state index in [0.717, 1.165) is 16.8 Å². The molecule has 2 amide bonds. The van der Waals surface area contributed by atoms with Gasteiger partial charge in [-0.2, -0.15) is 0 Å². The molecular weight excluding hydrogens is 312 g/mol. The molecule has 0 aliphatic carbocycles. The Morgan fingerprint density at radius 2 is 1.96 bits per heavy atom. The number of hydrogen-bond donors (Lipinski definition) is 4.